The lowest BCUT2D eigenvalue weighted by atomic mass is 10.0. The number of rotatable bonds is 4. The average molecular weight is 366 g/mol. The van der Waals surface area contributed by atoms with Crippen LogP contribution in [-0.4, -0.2) is 43.7 Å². The second-order valence-corrected chi connectivity index (χ2v) is 7.37. The smallest absolute Gasteiger partial charge is 0.255 e. The second-order valence-electron chi connectivity index (χ2n) is 7.37. The van der Waals surface area contributed by atoms with E-state index in [4.69, 9.17) is 9.47 Å². The molecule has 142 valence electrons. The topological polar surface area (TPSA) is 50.8 Å². The van der Waals surface area contributed by atoms with Gasteiger partial charge in [-0.2, -0.15) is 0 Å². The quantitative estimate of drug-likeness (QED) is 0.896. The van der Waals surface area contributed by atoms with E-state index in [0.717, 1.165) is 68.1 Å². The monoisotopic (exact) mass is 366 g/mol. The minimum absolute atomic E-state index is 0.104. The Balaban J connectivity index is 1.36. The van der Waals surface area contributed by atoms with Gasteiger partial charge < -0.3 is 19.7 Å². The highest BCUT2D eigenvalue weighted by Gasteiger charge is 2.18. The number of anilines is 1. The van der Waals surface area contributed by atoms with Crippen LogP contribution >= 0.6 is 0 Å². The van der Waals surface area contributed by atoms with Crippen molar-refractivity contribution in [2.75, 3.05) is 32.1 Å². The van der Waals surface area contributed by atoms with Crippen molar-refractivity contribution >= 4 is 11.6 Å². The largest absolute Gasteiger partial charge is 0.493 e. The summed E-state index contributed by atoms with van der Waals surface area (Å²) >= 11 is 0. The number of carbonyl (C=O) groups is 1. The third-order valence-electron chi connectivity index (χ3n) is 5.25. The Hall–Kier alpha value is -2.53. The van der Waals surface area contributed by atoms with E-state index in [-0.39, 0.29) is 12.0 Å². The molecule has 1 fully saturated rings. The standard InChI is InChI=1S/C22H26N2O3/c1-24-12-10-20(11-13-24)27-19-7-5-18(6-8-19)23-22(25)17-4-9-21-16(15-17)3-2-14-26-21/h4-9,15,20H,2-3,10-14H2,1H3,(H,23,25). The molecule has 0 unspecified atom stereocenters. The van der Waals surface area contributed by atoms with Gasteiger partial charge in [-0.15, -0.1) is 0 Å². The summed E-state index contributed by atoms with van der Waals surface area (Å²) in [7, 11) is 2.14. The van der Waals surface area contributed by atoms with Gasteiger partial charge in [0.15, 0.2) is 0 Å². The average Bonchev–Trinajstić information content (AvgIpc) is 2.71. The zero-order chi connectivity index (χ0) is 18.6. The number of amides is 1. The Morgan fingerprint density at radius 1 is 1.15 bits per heavy atom. The van der Waals surface area contributed by atoms with Crippen molar-refractivity contribution in [3.05, 3.63) is 53.6 Å². The number of benzene rings is 2. The molecule has 2 aromatic carbocycles. The van der Waals surface area contributed by atoms with Gasteiger partial charge in [-0.25, -0.2) is 0 Å². The lowest BCUT2D eigenvalue weighted by molar-refractivity contribution is 0.102. The maximum atomic E-state index is 12.5. The number of hydrogen-bond acceptors (Lipinski definition) is 4. The molecule has 2 heterocycles. The molecule has 0 aliphatic carbocycles. The molecule has 0 spiro atoms. The molecule has 1 N–H and O–H groups in total. The van der Waals surface area contributed by atoms with Crippen molar-refractivity contribution < 1.29 is 14.3 Å². The number of carbonyl (C=O) groups excluding carboxylic acids is 1. The minimum atomic E-state index is -0.104. The molecule has 5 heteroatoms. The normalized spacial score (nSPS) is 17.7. The van der Waals surface area contributed by atoms with Crippen molar-refractivity contribution in [2.24, 2.45) is 0 Å². The van der Waals surface area contributed by atoms with Crippen LogP contribution in [0.3, 0.4) is 0 Å². The molecular weight excluding hydrogens is 340 g/mol. The SMILES string of the molecule is CN1CCC(Oc2ccc(NC(=O)c3ccc4c(c3)CCCO4)cc2)CC1. The molecule has 27 heavy (non-hydrogen) atoms. The number of likely N-dealkylation sites (tertiary alicyclic amines) is 1. The first-order valence-electron chi connectivity index (χ1n) is 9.70. The molecular formula is C22H26N2O3. The van der Waals surface area contributed by atoms with Gasteiger partial charge in [0.25, 0.3) is 5.91 Å². The summed E-state index contributed by atoms with van der Waals surface area (Å²) in [4.78, 5) is 14.9. The highest BCUT2D eigenvalue weighted by atomic mass is 16.5. The predicted molar refractivity (Wildman–Crippen MR) is 106 cm³/mol. The first-order chi connectivity index (χ1) is 13.2. The van der Waals surface area contributed by atoms with Gasteiger partial charge in [-0.05, 0) is 80.8 Å². The second kappa shape index (κ2) is 8.01. The van der Waals surface area contributed by atoms with Crippen molar-refractivity contribution in [3.63, 3.8) is 0 Å². The van der Waals surface area contributed by atoms with E-state index < -0.39 is 0 Å². The van der Waals surface area contributed by atoms with Crippen LogP contribution in [0.15, 0.2) is 42.5 Å². The fraction of sp³-hybridized carbons (Fsp3) is 0.409. The van der Waals surface area contributed by atoms with Crippen LogP contribution in [0.4, 0.5) is 5.69 Å². The Morgan fingerprint density at radius 2 is 1.93 bits per heavy atom. The fourth-order valence-corrected chi connectivity index (χ4v) is 3.62. The summed E-state index contributed by atoms with van der Waals surface area (Å²) < 4.78 is 11.7. The van der Waals surface area contributed by atoms with Crippen molar-refractivity contribution in [3.8, 4) is 11.5 Å². The van der Waals surface area contributed by atoms with Crippen molar-refractivity contribution in [2.45, 2.75) is 31.8 Å². The predicted octanol–water partition coefficient (Wildman–Crippen LogP) is 3.74. The highest BCUT2D eigenvalue weighted by Crippen LogP contribution is 2.26. The first kappa shape index (κ1) is 17.9. The Bertz CT molecular complexity index is 796. The Labute approximate surface area is 160 Å². The summed E-state index contributed by atoms with van der Waals surface area (Å²) in [6.07, 6.45) is 4.34. The molecule has 0 atom stereocenters. The Morgan fingerprint density at radius 3 is 2.70 bits per heavy atom. The summed E-state index contributed by atoms with van der Waals surface area (Å²) in [5.41, 5.74) is 2.53. The lowest BCUT2D eigenvalue weighted by Gasteiger charge is -2.29. The molecule has 2 aliphatic heterocycles. The number of ether oxygens (including phenoxy) is 2. The highest BCUT2D eigenvalue weighted by molar-refractivity contribution is 6.04. The lowest BCUT2D eigenvalue weighted by Crippen LogP contribution is -2.35. The number of piperidine rings is 1. The van der Waals surface area contributed by atoms with Crippen LogP contribution in [0.1, 0.15) is 35.2 Å². The van der Waals surface area contributed by atoms with Gasteiger partial charge in [-0.3, -0.25) is 4.79 Å². The van der Waals surface area contributed by atoms with Crippen LogP contribution in [0, 0.1) is 0 Å². The fourth-order valence-electron chi connectivity index (χ4n) is 3.62. The van der Waals surface area contributed by atoms with Gasteiger partial charge in [0, 0.05) is 24.3 Å². The zero-order valence-electron chi connectivity index (χ0n) is 15.7. The molecule has 1 saturated heterocycles. The van der Waals surface area contributed by atoms with E-state index >= 15 is 0 Å². The van der Waals surface area contributed by atoms with Crippen LogP contribution in [0.5, 0.6) is 11.5 Å². The van der Waals surface area contributed by atoms with Gasteiger partial charge in [0.2, 0.25) is 0 Å². The molecule has 2 aromatic rings. The van der Waals surface area contributed by atoms with Crippen molar-refractivity contribution in [1.82, 2.24) is 4.90 Å². The summed E-state index contributed by atoms with van der Waals surface area (Å²) in [5, 5.41) is 2.96. The molecule has 0 bridgehead atoms. The van der Waals surface area contributed by atoms with Crippen LogP contribution in [-0.2, 0) is 6.42 Å². The first-order valence-corrected chi connectivity index (χ1v) is 9.70. The Kier molecular flexibility index (Phi) is 5.30. The van der Waals surface area contributed by atoms with E-state index in [2.05, 4.69) is 17.3 Å². The number of nitrogens with one attached hydrogen (secondary N) is 1. The number of nitrogens with zero attached hydrogens (tertiary/aromatic N) is 1. The molecule has 5 nitrogen and oxygen atoms in total. The van der Waals surface area contributed by atoms with Gasteiger partial charge in [0.1, 0.15) is 17.6 Å². The molecule has 0 saturated carbocycles. The van der Waals surface area contributed by atoms with E-state index in [1.807, 2.05) is 42.5 Å². The van der Waals surface area contributed by atoms with E-state index in [1.54, 1.807) is 0 Å². The molecule has 0 aromatic heterocycles. The summed E-state index contributed by atoms with van der Waals surface area (Å²) in [6, 6.07) is 13.3. The molecule has 2 aliphatic rings. The van der Waals surface area contributed by atoms with Crippen LogP contribution in [0.25, 0.3) is 0 Å². The molecule has 0 radical (unpaired) electrons. The molecule has 1 amide bonds. The van der Waals surface area contributed by atoms with E-state index in [9.17, 15) is 4.79 Å². The van der Waals surface area contributed by atoms with Crippen molar-refractivity contribution in [1.29, 1.82) is 0 Å². The third kappa shape index (κ3) is 4.42. The third-order valence-corrected chi connectivity index (χ3v) is 5.25. The summed E-state index contributed by atoms with van der Waals surface area (Å²) in [5.74, 6) is 1.65. The minimum Gasteiger partial charge on any atom is -0.493 e. The number of hydrogen-bond donors (Lipinski definition) is 1. The van der Waals surface area contributed by atoms with E-state index in [0.29, 0.717) is 5.56 Å². The molecule has 4 rings (SSSR count). The van der Waals surface area contributed by atoms with Crippen LogP contribution in [0.2, 0.25) is 0 Å². The maximum absolute atomic E-state index is 12.5. The zero-order valence-corrected chi connectivity index (χ0v) is 15.7. The van der Waals surface area contributed by atoms with E-state index in [1.165, 1.54) is 0 Å². The van der Waals surface area contributed by atoms with Gasteiger partial charge >= 0.3 is 0 Å². The number of aryl methyl sites for hydroxylation is 1. The van der Waals surface area contributed by atoms with Crippen LogP contribution < -0.4 is 14.8 Å². The van der Waals surface area contributed by atoms with Gasteiger partial charge in [-0.1, -0.05) is 0 Å². The van der Waals surface area contributed by atoms with Gasteiger partial charge in [0.05, 0.1) is 6.61 Å². The summed E-state index contributed by atoms with van der Waals surface area (Å²) in [6.45, 7) is 2.90. The maximum Gasteiger partial charge on any atom is 0.255 e. The number of fused-ring (bicyclic) bond motifs is 1.